The lowest BCUT2D eigenvalue weighted by atomic mass is 9.71. The predicted molar refractivity (Wildman–Crippen MR) is 178 cm³/mol. The van der Waals surface area contributed by atoms with Gasteiger partial charge in [-0.05, 0) is 66.2 Å². The molecule has 0 spiro atoms. The molecule has 2 fully saturated rings. The molecule has 1 N–H and O–H groups in total. The fraction of sp³-hybridized carbons (Fsp3) is 0.639. The van der Waals surface area contributed by atoms with E-state index in [9.17, 15) is 29.1 Å². The second kappa shape index (κ2) is 15.4. The van der Waals surface area contributed by atoms with Crippen LogP contribution in [0.1, 0.15) is 81.1 Å². The van der Waals surface area contributed by atoms with Gasteiger partial charge in [0.05, 0.1) is 6.10 Å². The van der Waals surface area contributed by atoms with Crippen molar-refractivity contribution in [2.45, 2.75) is 87.2 Å². The van der Waals surface area contributed by atoms with E-state index in [-0.39, 0.29) is 40.2 Å². The summed E-state index contributed by atoms with van der Waals surface area (Å²) in [5.74, 6) is 0.209. The number of piperazine rings is 2. The fourth-order valence-electron chi connectivity index (χ4n) is 6.68. The molecule has 2 heterocycles. The number of Topliss-reactive ketones (excluding diaryl/α,β-unsaturated/α-hetero) is 1. The van der Waals surface area contributed by atoms with Gasteiger partial charge in [-0.25, -0.2) is 0 Å². The van der Waals surface area contributed by atoms with Crippen LogP contribution < -0.4 is 0 Å². The zero-order chi connectivity index (χ0) is 34.4. The molecule has 2 saturated heterocycles. The quantitative estimate of drug-likeness (QED) is 0.470. The van der Waals surface area contributed by atoms with Gasteiger partial charge in [0.25, 0.3) is 0 Å². The van der Waals surface area contributed by atoms with E-state index in [1.165, 1.54) is 0 Å². The van der Waals surface area contributed by atoms with Crippen molar-refractivity contribution in [2.24, 2.45) is 10.8 Å². The Morgan fingerprint density at radius 2 is 1.07 bits per heavy atom. The molecule has 0 saturated carbocycles. The van der Waals surface area contributed by atoms with E-state index in [2.05, 4.69) is 27.7 Å². The van der Waals surface area contributed by atoms with Gasteiger partial charge >= 0.3 is 0 Å². The van der Waals surface area contributed by atoms with Crippen molar-refractivity contribution in [3.8, 4) is 0 Å². The summed E-state index contributed by atoms with van der Waals surface area (Å²) >= 11 is 0. The lowest BCUT2D eigenvalue weighted by Gasteiger charge is -2.36. The molecule has 10 nitrogen and oxygen atoms in total. The molecule has 46 heavy (non-hydrogen) atoms. The molecule has 0 radical (unpaired) electrons. The molecule has 4 aliphatic rings. The lowest BCUT2D eigenvalue weighted by molar-refractivity contribution is -0.135. The van der Waals surface area contributed by atoms with Gasteiger partial charge in [-0.15, -0.1) is 0 Å². The van der Waals surface area contributed by atoms with Crippen LogP contribution in [0.4, 0.5) is 0 Å². The number of hydrogen-bond donors (Lipinski definition) is 1. The van der Waals surface area contributed by atoms with Crippen LogP contribution in [0.15, 0.2) is 46.6 Å². The number of nitrogens with zero attached hydrogens (tertiary/aromatic N) is 4. The first-order valence-electron chi connectivity index (χ1n) is 16.5. The summed E-state index contributed by atoms with van der Waals surface area (Å²) < 4.78 is 0. The highest BCUT2D eigenvalue weighted by Crippen LogP contribution is 2.41. The van der Waals surface area contributed by atoms with E-state index in [1.54, 1.807) is 45.6 Å². The number of aliphatic hydroxyl groups excluding tert-OH is 1. The smallest absolute Gasteiger partial charge is 0.246 e. The minimum Gasteiger partial charge on any atom is -0.389 e. The van der Waals surface area contributed by atoms with Gasteiger partial charge in [0.2, 0.25) is 23.6 Å². The molecule has 1 atom stereocenters. The highest BCUT2D eigenvalue weighted by atomic mass is 16.3. The Bertz CT molecular complexity index is 1320. The SMILES string of the molecule is CC(=O)N1CCN(C(=O)/C=C/C2=C(C)C(=O)CCC2(C)C)CC1.CC(=O)N1CCN(C(=O)/C=C/C2=C(C)C(O)CCC2(C)C)CC1. The maximum absolute atomic E-state index is 12.4. The zero-order valence-electron chi connectivity index (χ0n) is 29.1. The summed E-state index contributed by atoms with van der Waals surface area (Å²) in [7, 11) is 0. The third-order valence-electron chi connectivity index (χ3n) is 10.1. The molecule has 1 unspecified atom stereocenters. The Kier molecular flexibility index (Phi) is 12.3. The Labute approximate surface area is 274 Å². The van der Waals surface area contributed by atoms with Gasteiger partial charge in [-0.3, -0.25) is 24.0 Å². The van der Waals surface area contributed by atoms with Gasteiger partial charge in [-0.2, -0.15) is 0 Å². The highest BCUT2D eigenvalue weighted by Gasteiger charge is 2.32. The van der Waals surface area contributed by atoms with E-state index in [1.807, 2.05) is 26.0 Å². The first kappa shape index (κ1) is 36.9. The molecule has 2 aliphatic heterocycles. The van der Waals surface area contributed by atoms with Crippen LogP contribution in [-0.2, 0) is 24.0 Å². The molecule has 4 amide bonds. The van der Waals surface area contributed by atoms with Gasteiger partial charge in [0, 0.05) is 84.8 Å². The molecule has 10 heteroatoms. The Morgan fingerprint density at radius 1 is 0.674 bits per heavy atom. The Balaban J connectivity index is 0.000000250. The van der Waals surface area contributed by atoms with Gasteiger partial charge in [0.1, 0.15) is 0 Å². The standard InChI is InChI=1S/C18H28N2O3.C18H26N2O3/c2*1-13-15(18(3,4)8-7-16(13)22)5-6-17(23)20-11-9-19(10-12-20)14(2)21/h5-6,16,22H,7-12H2,1-4H3;5-6H,7-12H2,1-4H3/b2*6-5+. The minimum absolute atomic E-state index is 0.0204. The third-order valence-corrected chi connectivity index (χ3v) is 10.1. The van der Waals surface area contributed by atoms with Crippen LogP contribution in [0.5, 0.6) is 0 Å². The summed E-state index contributed by atoms with van der Waals surface area (Å²) in [6, 6.07) is 0. The van der Waals surface area contributed by atoms with Crippen molar-refractivity contribution in [3.05, 3.63) is 46.6 Å². The number of ketones is 1. The second-order valence-corrected chi connectivity index (χ2v) is 14.2. The van der Waals surface area contributed by atoms with E-state index < -0.39 is 6.10 Å². The summed E-state index contributed by atoms with van der Waals surface area (Å²) in [5, 5.41) is 10.1. The lowest BCUT2D eigenvalue weighted by Crippen LogP contribution is -2.49. The molecular weight excluding hydrogens is 584 g/mol. The molecule has 0 aromatic rings. The van der Waals surface area contributed by atoms with Crippen LogP contribution in [0.3, 0.4) is 0 Å². The maximum Gasteiger partial charge on any atom is 0.246 e. The molecule has 4 rings (SSSR count). The van der Waals surface area contributed by atoms with Gasteiger partial charge in [-0.1, -0.05) is 39.8 Å². The molecule has 2 aliphatic carbocycles. The summed E-state index contributed by atoms with van der Waals surface area (Å²) in [6.07, 6.45) is 9.55. The monoisotopic (exact) mass is 638 g/mol. The van der Waals surface area contributed by atoms with Crippen LogP contribution in [-0.4, -0.2) is 113 Å². The number of rotatable bonds is 4. The number of carbonyl (C=O) groups is 5. The number of hydrogen-bond acceptors (Lipinski definition) is 6. The molecule has 0 aromatic carbocycles. The van der Waals surface area contributed by atoms with Crippen molar-refractivity contribution in [1.29, 1.82) is 0 Å². The van der Waals surface area contributed by atoms with Crippen molar-refractivity contribution in [3.63, 3.8) is 0 Å². The van der Waals surface area contributed by atoms with Gasteiger partial charge < -0.3 is 24.7 Å². The summed E-state index contributed by atoms with van der Waals surface area (Å²) in [4.78, 5) is 66.3. The van der Waals surface area contributed by atoms with Crippen LogP contribution >= 0.6 is 0 Å². The number of carbonyl (C=O) groups excluding carboxylic acids is 5. The Morgan fingerprint density at radius 3 is 1.50 bits per heavy atom. The largest absolute Gasteiger partial charge is 0.389 e. The van der Waals surface area contributed by atoms with Gasteiger partial charge in [0.15, 0.2) is 5.78 Å². The van der Waals surface area contributed by atoms with Crippen LogP contribution in [0.25, 0.3) is 0 Å². The summed E-state index contributed by atoms with van der Waals surface area (Å²) in [5.41, 5.74) is 3.66. The average molecular weight is 639 g/mol. The van der Waals surface area contributed by atoms with Crippen LogP contribution in [0, 0.1) is 10.8 Å². The number of aliphatic hydroxyl groups is 1. The third kappa shape index (κ3) is 9.27. The second-order valence-electron chi connectivity index (χ2n) is 14.2. The van der Waals surface area contributed by atoms with Crippen molar-refractivity contribution in [2.75, 3.05) is 52.4 Å². The maximum atomic E-state index is 12.4. The van der Waals surface area contributed by atoms with E-state index >= 15 is 0 Å². The van der Waals surface area contributed by atoms with E-state index in [0.717, 1.165) is 41.6 Å². The fourth-order valence-corrected chi connectivity index (χ4v) is 6.68. The molecule has 0 aromatic heterocycles. The normalized spacial score (nSPS) is 23.6. The van der Waals surface area contributed by atoms with Crippen LogP contribution in [0.2, 0.25) is 0 Å². The van der Waals surface area contributed by atoms with Crippen molar-refractivity contribution < 1.29 is 29.1 Å². The average Bonchev–Trinajstić information content (AvgIpc) is 3.01. The molecular formula is C36H54N4O6. The Hall–Kier alpha value is -3.53. The number of allylic oxidation sites excluding steroid dienone is 5. The highest BCUT2D eigenvalue weighted by molar-refractivity contribution is 5.98. The zero-order valence-corrected chi connectivity index (χ0v) is 29.1. The molecule has 0 bridgehead atoms. The summed E-state index contributed by atoms with van der Waals surface area (Å²) in [6.45, 7) is 20.1. The van der Waals surface area contributed by atoms with E-state index in [0.29, 0.717) is 58.8 Å². The van der Waals surface area contributed by atoms with Crippen molar-refractivity contribution in [1.82, 2.24) is 19.6 Å². The predicted octanol–water partition coefficient (Wildman–Crippen LogP) is 3.67. The number of amides is 4. The first-order chi connectivity index (χ1) is 21.4. The van der Waals surface area contributed by atoms with Crippen molar-refractivity contribution >= 4 is 29.4 Å². The minimum atomic E-state index is -0.406. The van der Waals surface area contributed by atoms with E-state index in [4.69, 9.17) is 0 Å². The topological polar surface area (TPSA) is 119 Å². The molecule has 254 valence electrons. The first-order valence-corrected chi connectivity index (χ1v) is 16.5.